The first-order valence-corrected chi connectivity index (χ1v) is 7.99. The van der Waals surface area contributed by atoms with Crippen molar-refractivity contribution in [2.45, 2.75) is 11.3 Å². The molecule has 1 amide bonds. The third-order valence-electron chi connectivity index (χ3n) is 3.09. The fraction of sp³-hybridized carbons (Fsp3) is 0.188. The molecule has 0 atom stereocenters. The number of amides is 1. The highest BCUT2D eigenvalue weighted by molar-refractivity contribution is 7.99. The lowest BCUT2D eigenvalue weighted by Gasteiger charge is -2.10. The van der Waals surface area contributed by atoms with Crippen LogP contribution in [0.2, 0.25) is 0 Å². The Labute approximate surface area is 142 Å². The monoisotopic (exact) mass is 350 g/mol. The number of anilines is 1. The molecule has 0 heterocycles. The Bertz CT molecular complexity index is 755. The summed E-state index contributed by atoms with van der Waals surface area (Å²) in [6.07, 6.45) is 0.130. The fourth-order valence-electron chi connectivity index (χ4n) is 1.94. The third kappa shape index (κ3) is 4.69. The predicted octanol–water partition coefficient (Wildman–Crippen LogP) is 3.86. The number of nitro groups is 1. The molecule has 126 valence electrons. The van der Waals surface area contributed by atoms with E-state index >= 15 is 0 Å². The minimum absolute atomic E-state index is 0.130. The van der Waals surface area contributed by atoms with Crippen LogP contribution in [0.15, 0.2) is 47.4 Å². The molecule has 6 nitrogen and oxygen atoms in total. The summed E-state index contributed by atoms with van der Waals surface area (Å²) in [5.74, 6) is 0.0425. The van der Waals surface area contributed by atoms with Gasteiger partial charge in [0.2, 0.25) is 5.91 Å². The van der Waals surface area contributed by atoms with Gasteiger partial charge in [0, 0.05) is 29.2 Å². The second-order valence-electron chi connectivity index (χ2n) is 4.72. The molecule has 8 heteroatoms. The molecule has 0 unspecified atom stereocenters. The number of hydrogen-bond donors (Lipinski definition) is 1. The molecule has 0 fully saturated rings. The first-order chi connectivity index (χ1) is 11.5. The van der Waals surface area contributed by atoms with E-state index in [1.54, 1.807) is 18.2 Å². The van der Waals surface area contributed by atoms with Crippen molar-refractivity contribution in [1.82, 2.24) is 0 Å². The highest BCUT2D eigenvalue weighted by Crippen LogP contribution is 2.29. The van der Waals surface area contributed by atoms with Crippen molar-refractivity contribution >= 4 is 29.0 Å². The number of nitrogens with one attached hydrogen (secondary N) is 1. The number of halogens is 1. The van der Waals surface area contributed by atoms with Crippen LogP contribution in [0.3, 0.4) is 0 Å². The first kappa shape index (κ1) is 17.7. The Kier molecular flexibility index (Phi) is 6.14. The topological polar surface area (TPSA) is 81.5 Å². The van der Waals surface area contributed by atoms with Crippen molar-refractivity contribution in [2.24, 2.45) is 0 Å². The molecule has 0 aromatic heterocycles. The molecular formula is C16H15FN2O4S. The smallest absolute Gasteiger partial charge is 0.271 e. The van der Waals surface area contributed by atoms with E-state index in [9.17, 15) is 19.3 Å². The number of methoxy groups -OCH3 is 1. The van der Waals surface area contributed by atoms with Crippen molar-refractivity contribution in [3.05, 3.63) is 58.4 Å². The normalized spacial score (nSPS) is 10.2. The second kappa shape index (κ2) is 8.30. The lowest BCUT2D eigenvalue weighted by molar-refractivity contribution is -0.384. The Morgan fingerprint density at radius 2 is 2.08 bits per heavy atom. The van der Waals surface area contributed by atoms with Gasteiger partial charge in [-0.25, -0.2) is 4.39 Å². The summed E-state index contributed by atoms with van der Waals surface area (Å²) < 4.78 is 18.6. The molecule has 0 saturated heterocycles. The molecule has 2 aromatic rings. The van der Waals surface area contributed by atoms with Crippen molar-refractivity contribution < 1.29 is 18.8 Å². The van der Waals surface area contributed by atoms with Crippen molar-refractivity contribution in [2.75, 3.05) is 18.2 Å². The van der Waals surface area contributed by atoms with E-state index in [1.165, 1.54) is 43.1 Å². The van der Waals surface area contributed by atoms with Crippen molar-refractivity contribution in [3.63, 3.8) is 0 Å². The largest absolute Gasteiger partial charge is 0.495 e. The first-order valence-electron chi connectivity index (χ1n) is 7.01. The Balaban J connectivity index is 1.95. The van der Waals surface area contributed by atoms with Crippen LogP contribution < -0.4 is 10.1 Å². The number of carbonyl (C=O) groups excluding carboxylic acids is 1. The highest BCUT2D eigenvalue weighted by atomic mass is 32.2. The van der Waals surface area contributed by atoms with Crippen LogP contribution in [-0.4, -0.2) is 23.7 Å². The molecule has 0 aliphatic carbocycles. The van der Waals surface area contributed by atoms with Gasteiger partial charge in [-0.05, 0) is 18.2 Å². The number of nitrogens with zero attached hydrogens (tertiary/aromatic N) is 1. The van der Waals surface area contributed by atoms with Gasteiger partial charge in [0.25, 0.3) is 5.69 Å². The summed E-state index contributed by atoms with van der Waals surface area (Å²) in [5.41, 5.74) is 0.0828. The summed E-state index contributed by atoms with van der Waals surface area (Å²) in [5, 5.41) is 13.4. The summed E-state index contributed by atoms with van der Waals surface area (Å²) in [7, 11) is 1.41. The van der Waals surface area contributed by atoms with Gasteiger partial charge in [-0.3, -0.25) is 14.9 Å². The number of thioether (sulfide) groups is 1. The van der Waals surface area contributed by atoms with Crippen LogP contribution in [0.5, 0.6) is 5.75 Å². The van der Waals surface area contributed by atoms with Crippen molar-refractivity contribution in [1.29, 1.82) is 0 Å². The van der Waals surface area contributed by atoms with Gasteiger partial charge in [0.1, 0.15) is 11.6 Å². The molecule has 0 spiro atoms. The molecule has 0 aliphatic rings. The molecule has 0 saturated carbocycles. The third-order valence-corrected chi connectivity index (χ3v) is 4.14. The maximum absolute atomic E-state index is 13.5. The second-order valence-corrected chi connectivity index (χ2v) is 5.86. The minimum atomic E-state index is -0.552. The predicted molar refractivity (Wildman–Crippen MR) is 90.0 cm³/mol. The van der Waals surface area contributed by atoms with Gasteiger partial charge in [-0.2, -0.15) is 0 Å². The number of ether oxygens (including phenoxy) is 1. The average molecular weight is 350 g/mol. The van der Waals surface area contributed by atoms with Gasteiger partial charge < -0.3 is 10.1 Å². The van der Waals surface area contributed by atoms with E-state index in [0.717, 1.165) is 0 Å². The molecule has 0 bridgehead atoms. The summed E-state index contributed by atoms with van der Waals surface area (Å²) in [6.45, 7) is 0. The highest BCUT2D eigenvalue weighted by Gasteiger charge is 2.13. The van der Waals surface area contributed by atoms with Crippen LogP contribution in [0.25, 0.3) is 0 Å². The molecule has 2 aromatic carbocycles. The minimum Gasteiger partial charge on any atom is -0.495 e. The van der Waals surface area contributed by atoms with Gasteiger partial charge in [0.05, 0.1) is 17.7 Å². The zero-order valence-corrected chi connectivity index (χ0v) is 13.6. The van der Waals surface area contributed by atoms with E-state index in [4.69, 9.17) is 4.74 Å². The van der Waals surface area contributed by atoms with Crippen LogP contribution in [0, 0.1) is 15.9 Å². The van der Waals surface area contributed by atoms with E-state index in [-0.39, 0.29) is 29.5 Å². The standard InChI is InChI=1S/C16H15FN2O4S/c1-23-14-7-6-11(19(21)22)10-13(14)18-16(20)8-9-24-15-5-3-2-4-12(15)17/h2-7,10H,8-9H2,1H3,(H,18,20). The van der Waals surface area contributed by atoms with E-state index < -0.39 is 4.92 Å². The Hall–Kier alpha value is -2.61. The number of carbonyl (C=O) groups is 1. The Morgan fingerprint density at radius 1 is 1.33 bits per heavy atom. The quantitative estimate of drug-likeness (QED) is 0.466. The molecule has 0 aliphatic heterocycles. The summed E-state index contributed by atoms with van der Waals surface area (Å²) >= 11 is 1.23. The van der Waals surface area contributed by atoms with Gasteiger partial charge >= 0.3 is 0 Å². The summed E-state index contributed by atoms with van der Waals surface area (Å²) in [4.78, 5) is 22.7. The number of nitro benzene ring substituents is 1. The maximum Gasteiger partial charge on any atom is 0.271 e. The fourth-order valence-corrected chi connectivity index (χ4v) is 2.82. The van der Waals surface area contributed by atoms with Crippen LogP contribution >= 0.6 is 11.8 Å². The SMILES string of the molecule is COc1ccc([N+](=O)[O-])cc1NC(=O)CCSc1ccccc1F. The molecule has 1 N–H and O–H groups in total. The van der Waals surface area contributed by atoms with Gasteiger partial charge in [-0.1, -0.05) is 12.1 Å². The number of hydrogen-bond acceptors (Lipinski definition) is 5. The molecular weight excluding hydrogens is 335 g/mol. The van der Waals surface area contributed by atoms with E-state index in [0.29, 0.717) is 16.4 Å². The van der Waals surface area contributed by atoms with E-state index in [2.05, 4.69) is 5.32 Å². The van der Waals surface area contributed by atoms with Gasteiger partial charge in [0.15, 0.2) is 0 Å². The number of non-ortho nitro benzene ring substituents is 1. The van der Waals surface area contributed by atoms with Crippen LogP contribution in [0.1, 0.15) is 6.42 Å². The van der Waals surface area contributed by atoms with Crippen LogP contribution in [-0.2, 0) is 4.79 Å². The number of rotatable bonds is 7. The zero-order valence-electron chi connectivity index (χ0n) is 12.8. The van der Waals surface area contributed by atoms with Gasteiger partial charge in [-0.15, -0.1) is 11.8 Å². The number of benzene rings is 2. The molecule has 24 heavy (non-hydrogen) atoms. The summed E-state index contributed by atoms with van der Waals surface area (Å²) in [6, 6.07) is 10.3. The molecule has 2 rings (SSSR count). The maximum atomic E-state index is 13.5. The molecule has 0 radical (unpaired) electrons. The van der Waals surface area contributed by atoms with E-state index in [1.807, 2.05) is 0 Å². The Morgan fingerprint density at radius 3 is 2.75 bits per heavy atom. The lowest BCUT2D eigenvalue weighted by atomic mass is 10.2. The lowest BCUT2D eigenvalue weighted by Crippen LogP contribution is -2.13. The van der Waals surface area contributed by atoms with Crippen LogP contribution in [0.4, 0.5) is 15.8 Å². The average Bonchev–Trinajstić information content (AvgIpc) is 2.56. The zero-order chi connectivity index (χ0) is 17.5. The van der Waals surface area contributed by atoms with Crippen molar-refractivity contribution in [3.8, 4) is 5.75 Å².